The number of aromatic nitrogens is 3. The summed E-state index contributed by atoms with van der Waals surface area (Å²) >= 11 is 0. The molecule has 0 fully saturated rings. The molecule has 0 spiro atoms. The maximum absolute atomic E-state index is 12.7. The minimum Gasteiger partial charge on any atom is -0.378 e. The van der Waals surface area contributed by atoms with Gasteiger partial charge in [-0.15, -0.1) is 12.4 Å². The number of imidazole rings is 1. The lowest BCUT2D eigenvalue weighted by Crippen LogP contribution is -2.52. The smallest absolute Gasteiger partial charge is 0.287 e. The highest BCUT2D eigenvalue weighted by Gasteiger charge is 2.36. The van der Waals surface area contributed by atoms with Crippen LogP contribution in [0.25, 0.3) is 0 Å². The van der Waals surface area contributed by atoms with Crippen LogP contribution in [0.3, 0.4) is 0 Å². The number of hydrogen-bond acceptors (Lipinski definition) is 7. The monoisotopic (exact) mass is 493 g/mol. The van der Waals surface area contributed by atoms with E-state index in [1.165, 1.54) is 16.8 Å². The van der Waals surface area contributed by atoms with E-state index in [1.54, 1.807) is 37.1 Å². The van der Waals surface area contributed by atoms with E-state index in [0.29, 0.717) is 12.2 Å². The zero-order valence-electron chi connectivity index (χ0n) is 19.0. The van der Waals surface area contributed by atoms with Gasteiger partial charge in [-0.2, -0.15) is 0 Å². The molecule has 0 bridgehead atoms. The van der Waals surface area contributed by atoms with E-state index < -0.39 is 29.2 Å². The van der Waals surface area contributed by atoms with E-state index in [-0.39, 0.29) is 42.7 Å². The fourth-order valence-corrected chi connectivity index (χ4v) is 3.33. The maximum atomic E-state index is 12.7. The van der Waals surface area contributed by atoms with Crippen LogP contribution in [0.15, 0.2) is 30.7 Å². The molecule has 2 aromatic heterocycles. The van der Waals surface area contributed by atoms with E-state index in [2.05, 4.69) is 20.9 Å². The number of amides is 4. The Bertz CT molecular complexity index is 1140. The van der Waals surface area contributed by atoms with Gasteiger partial charge in [-0.05, 0) is 18.3 Å². The summed E-state index contributed by atoms with van der Waals surface area (Å²) in [6.07, 6.45) is 6.44. The topological polar surface area (TPSA) is 182 Å². The molecular formula is C20H28ClN9O4. The van der Waals surface area contributed by atoms with Crippen molar-refractivity contribution >= 4 is 47.5 Å². The molecule has 34 heavy (non-hydrogen) atoms. The second-order valence-corrected chi connectivity index (χ2v) is 7.94. The Hall–Kier alpha value is -3.84. The molecule has 3 heterocycles. The molecule has 0 aromatic carbocycles. The predicted octanol–water partition coefficient (Wildman–Crippen LogP) is -0.867. The number of primary amides is 1. The van der Waals surface area contributed by atoms with Crippen LogP contribution in [0.2, 0.25) is 0 Å². The Morgan fingerprint density at radius 2 is 1.79 bits per heavy atom. The van der Waals surface area contributed by atoms with Gasteiger partial charge in [-0.1, -0.05) is 0 Å². The number of rotatable bonds is 8. The third-order valence-electron chi connectivity index (χ3n) is 5.03. The third kappa shape index (κ3) is 5.94. The summed E-state index contributed by atoms with van der Waals surface area (Å²) in [5, 5.41) is 7.89. The lowest BCUT2D eigenvalue weighted by Gasteiger charge is -2.22. The second-order valence-electron chi connectivity index (χ2n) is 7.94. The Balaban J connectivity index is 0.00000408. The number of nitrogens with two attached hydrogens (primary N) is 2. The van der Waals surface area contributed by atoms with Gasteiger partial charge in [0.25, 0.3) is 11.8 Å². The average molecular weight is 494 g/mol. The van der Waals surface area contributed by atoms with Gasteiger partial charge in [0, 0.05) is 53.0 Å². The van der Waals surface area contributed by atoms with Crippen molar-refractivity contribution < 1.29 is 19.2 Å². The first-order chi connectivity index (χ1) is 15.5. The van der Waals surface area contributed by atoms with Gasteiger partial charge in [0.05, 0.1) is 5.69 Å². The van der Waals surface area contributed by atoms with E-state index in [9.17, 15) is 19.2 Å². The molecule has 1 unspecified atom stereocenters. The molecule has 13 nitrogen and oxygen atoms in total. The van der Waals surface area contributed by atoms with Crippen LogP contribution < -0.4 is 27.4 Å². The lowest BCUT2D eigenvalue weighted by molar-refractivity contribution is -0.119. The number of likely N-dealkylation sites (N-methyl/N-ethyl adjacent to an activating group) is 1. The molecule has 0 radical (unpaired) electrons. The number of halogens is 1. The van der Waals surface area contributed by atoms with E-state index >= 15 is 0 Å². The molecule has 0 aliphatic carbocycles. The van der Waals surface area contributed by atoms with Gasteiger partial charge >= 0.3 is 0 Å². The predicted molar refractivity (Wildman–Crippen MR) is 127 cm³/mol. The molecule has 184 valence electrons. The Kier molecular flexibility index (Phi) is 8.08. The van der Waals surface area contributed by atoms with E-state index in [0.717, 1.165) is 0 Å². The summed E-state index contributed by atoms with van der Waals surface area (Å²) in [5.41, 5.74) is 10.7. The second kappa shape index (κ2) is 10.4. The van der Waals surface area contributed by atoms with Gasteiger partial charge in [0.1, 0.15) is 11.2 Å². The Morgan fingerprint density at radius 3 is 2.41 bits per heavy atom. The third-order valence-corrected chi connectivity index (χ3v) is 5.03. The molecule has 3 rings (SSSR count). The van der Waals surface area contributed by atoms with E-state index in [1.807, 2.05) is 11.9 Å². The van der Waals surface area contributed by atoms with Crippen molar-refractivity contribution in [1.82, 2.24) is 24.3 Å². The first-order valence-electron chi connectivity index (χ1n) is 10.1. The fraction of sp³-hybridized carbons (Fsp3) is 0.350. The highest BCUT2D eigenvalue weighted by Crippen LogP contribution is 2.19. The number of anilines is 2. The van der Waals surface area contributed by atoms with Crippen molar-refractivity contribution in [3.05, 3.63) is 42.3 Å². The van der Waals surface area contributed by atoms with Gasteiger partial charge < -0.3 is 41.5 Å². The summed E-state index contributed by atoms with van der Waals surface area (Å²) in [6, 6.07) is 1.51. The number of nitrogens with one attached hydrogen (secondary N) is 3. The first-order valence-corrected chi connectivity index (χ1v) is 10.1. The molecule has 4 amide bonds. The van der Waals surface area contributed by atoms with Gasteiger partial charge in [-0.25, -0.2) is 4.98 Å². The fourth-order valence-electron chi connectivity index (χ4n) is 3.33. The molecule has 2 aromatic rings. The number of carbonyl (C=O) groups excluding carboxylic acids is 4. The standard InChI is InChI=1S/C20H27N9O4.ClH/c1-27-7-5-20(22,11-27)19(33)24-12-8-13(28(2)9-12)17(31)26-15-10-29(3)16(25-15)18(32)23-6-4-14(21)30;/h5,7-10H,4,6,11,22H2,1-3H3,(H2,21,30)(H,23,32)(H,24,33)(H,26,31);1H. The van der Waals surface area contributed by atoms with Crippen LogP contribution in [-0.4, -0.2) is 68.3 Å². The molecule has 1 atom stereocenters. The minimum absolute atomic E-state index is 0. The summed E-state index contributed by atoms with van der Waals surface area (Å²) in [7, 11) is 5.07. The quantitative estimate of drug-likeness (QED) is 0.316. The first kappa shape index (κ1) is 26.4. The lowest BCUT2D eigenvalue weighted by atomic mass is 10.0. The molecule has 0 saturated heterocycles. The summed E-state index contributed by atoms with van der Waals surface area (Å²) in [5.74, 6) is -1.70. The Morgan fingerprint density at radius 1 is 1.09 bits per heavy atom. The van der Waals surface area contributed by atoms with Crippen molar-refractivity contribution in [3.8, 4) is 0 Å². The zero-order chi connectivity index (χ0) is 24.3. The minimum atomic E-state index is -1.16. The Labute approximate surface area is 201 Å². The van der Waals surface area contributed by atoms with Gasteiger partial charge in [0.15, 0.2) is 5.82 Å². The number of nitrogens with zero attached hydrogens (tertiary/aromatic N) is 4. The van der Waals surface area contributed by atoms with Crippen molar-refractivity contribution in [3.63, 3.8) is 0 Å². The molecular weight excluding hydrogens is 466 g/mol. The molecule has 14 heteroatoms. The van der Waals surface area contributed by atoms with Crippen LogP contribution in [0, 0.1) is 0 Å². The van der Waals surface area contributed by atoms with Gasteiger partial charge in [0.2, 0.25) is 17.6 Å². The average Bonchev–Trinajstić information content (AvgIpc) is 3.38. The van der Waals surface area contributed by atoms with Gasteiger partial charge in [-0.3, -0.25) is 19.2 Å². The normalized spacial score (nSPS) is 16.6. The van der Waals surface area contributed by atoms with Crippen molar-refractivity contribution in [1.29, 1.82) is 0 Å². The van der Waals surface area contributed by atoms with Crippen LogP contribution in [0.1, 0.15) is 27.5 Å². The number of carbonyl (C=O) groups is 4. The van der Waals surface area contributed by atoms with Crippen molar-refractivity contribution in [2.75, 3.05) is 30.8 Å². The SMILES string of the molecule is CN1C=CC(N)(C(=O)Nc2cc(C(=O)Nc3cn(C)c(C(=O)NCCC(N)=O)n3)n(C)c2)C1.Cl. The van der Waals surface area contributed by atoms with E-state index in [4.69, 9.17) is 11.5 Å². The summed E-state index contributed by atoms with van der Waals surface area (Å²) in [6.45, 7) is 0.424. The molecule has 0 saturated carbocycles. The molecule has 1 aliphatic rings. The van der Waals surface area contributed by atoms with Crippen molar-refractivity contribution in [2.45, 2.75) is 12.0 Å². The zero-order valence-corrected chi connectivity index (χ0v) is 19.8. The largest absolute Gasteiger partial charge is 0.378 e. The highest BCUT2D eigenvalue weighted by molar-refractivity contribution is 6.05. The highest BCUT2D eigenvalue weighted by atomic mass is 35.5. The molecule has 7 N–H and O–H groups in total. The number of hydrogen-bond donors (Lipinski definition) is 5. The van der Waals surface area contributed by atoms with Crippen LogP contribution >= 0.6 is 12.4 Å². The summed E-state index contributed by atoms with van der Waals surface area (Å²) in [4.78, 5) is 54.3. The van der Waals surface area contributed by atoms with Crippen LogP contribution in [0.4, 0.5) is 11.5 Å². The molecule has 1 aliphatic heterocycles. The van der Waals surface area contributed by atoms with Crippen LogP contribution in [0.5, 0.6) is 0 Å². The van der Waals surface area contributed by atoms with Crippen molar-refractivity contribution in [2.24, 2.45) is 25.6 Å². The summed E-state index contributed by atoms with van der Waals surface area (Å²) < 4.78 is 2.99. The maximum Gasteiger partial charge on any atom is 0.287 e. The van der Waals surface area contributed by atoms with Crippen LogP contribution in [-0.2, 0) is 23.7 Å². The number of aryl methyl sites for hydroxylation is 2.